The Bertz CT molecular complexity index is 1480. The van der Waals surface area contributed by atoms with Crippen molar-refractivity contribution in [2.24, 2.45) is 5.92 Å². The van der Waals surface area contributed by atoms with E-state index in [4.69, 9.17) is 25.8 Å². The van der Waals surface area contributed by atoms with Gasteiger partial charge in [-0.25, -0.2) is 4.68 Å². The van der Waals surface area contributed by atoms with Crippen LogP contribution in [0.2, 0.25) is 5.02 Å². The third-order valence-corrected chi connectivity index (χ3v) is 7.45. The number of aromatic nitrogens is 3. The average Bonchev–Trinajstić information content (AvgIpc) is 3.46. The molecule has 2 N–H and O–H groups in total. The second kappa shape index (κ2) is 7.72. The molecular formula is C25H21ClN4O6. The van der Waals surface area contributed by atoms with E-state index in [1.807, 2.05) is 0 Å². The highest BCUT2D eigenvalue weighted by molar-refractivity contribution is 6.36. The molecule has 0 saturated carbocycles. The van der Waals surface area contributed by atoms with Crippen LogP contribution in [-0.4, -0.2) is 51.3 Å². The Labute approximate surface area is 210 Å². The Morgan fingerprint density at radius 2 is 1.89 bits per heavy atom. The van der Waals surface area contributed by atoms with Crippen LogP contribution in [0.5, 0.6) is 23.0 Å². The van der Waals surface area contributed by atoms with E-state index in [1.54, 1.807) is 23.7 Å². The van der Waals surface area contributed by atoms with Gasteiger partial charge in [0.25, 0.3) is 0 Å². The fourth-order valence-electron chi connectivity index (χ4n) is 5.35. The van der Waals surface area contributed by atoms with Gasteiger partial charge in [-0.05, 0) is 24.1 Å². The molecule has 6 rings (SSSR count). The summed E-state index contributed by atoms with van der Waals surface area (Å²) >= 11 is 6.54. The Kier molecular flexibility index (Phi) is 4.81. The summed E-state index contributed by atoms with van der Waals surface area (Å²) in [4.78, 5) is 32.8. The van der Waals surface area contributed by atoms with E-state index in [9.17, 15) is 14.7 Å². The highest BCUT2D eigenvalue weighted by Crippen LogP contribution is 2.55. The maximum absolute atomic E-state index is 14.5. The first-order valence-electron chi connectivity index (χ1n) is 11.2. The van der Waals surface area contributed by atoms with Gasteiger partial charge in [-0.15, -0.1) is 0 Å². The first-order chi connectivity index (χ1) is 17.3. The van der Waals surface area contributed by atoms with Crippen molar-refractivity contribution in [1.29, 1.82) is 0 Å². The number of halogens is 1. The van der Waals surface area contributed by atoms with Crippen molar-refractivity contribution in [2.75, 3.05) is 19.5 Å². The van der Waals surface area contributed by atoms with E-state index in [1.165, 1.54) is 38.7 Å². The van der Waals surface area contributed by atoms with Gasteiger partial charge in [0.15, 0.2) is 5.75 Å². The molecule has 11 heteroatoms. The number of hydrogen-bond acceptors (Lipinski definition) is 9. The van der Waals surface area contributed by atoms with Crippen LogP contribution in [0.15, 0.2) is 47.9 Å². The van der Waals surface area contributed by atoms with Gasteiger partial charge >= 0.3 is 0 Å². The molecule has 36 heavy (non-hydrogen) atoms. The fraction of sp³-hybridized carbons (Fsp3) is 0.280. The summed E-state index contributed by atoms with van der Waals surface area (Å²) < 4.78 is 18.6. The Hall–Kier alpha value is -4.05. The molecule has 3 atom stereocenters. The van der Waals surface area contributed by atoms with Crippen molar-refractivity contribution in [3.63, 3.8) is 0 Å². The molecule has 3 aromatic rings. The van der Waals surface area contributed by atoms with Gasteiger partial charge in [0, 0.05) is 23.3 Å². The van der Waals surface area contributed by atoms with Gasteiger partial charge in [-0.3, -0.25) is 9.59 Å². The number of benzene rings is 2. The molecule has 1 spiro atoms. The van der Waals surface area contributed by atoms with Gasteiger partial charge in [0.2, 0.25) is 23.1 Å². The summed E-state index contributed by atoms with van der Waals surface area (Å²) in [6, 6.07) is 7.29. The first kappa shape index (κ1) is 22.4. The molecule has 0 radical (unpaired) electrons. The molecule has 1 aromatic heterocycles. The van der Waals surface area contributed by atoms with E-state index in [0.29, 0.717) is 29.2 Å². The molecule has 1 aliphatic carbocycles. The van der Waals surface area contributed by atoms with Crippen LogP contribution in [0.3, 0.4) is 0 Å². The largest absolute Gasteiger partial charge is 0.508 e. The number of ether oxygens (including phenoxy) is 3. The van der Waals surface area contributed by atoms with Crippen molar-refractivity contribution in [1.82, 2.24) is 14.8 Å². The summed E-state index contributed by atoms with van der Waals surface area (Å²) in [5, 5.41) is 17.5. The number of allylic oxidation sites excluding steroid dienone is 1. The number of anilines is 1. The minimum atomic E-state index is -1.85. The molecule has 1 unspecified atom stereocenters. The number of fused-ring (bicyclic) bond motifs is 2. The lowest BCUT2D eigenvalue weighted by atomic mass is 9.69. The van der Waals surface area contributed by atoms with Crippen molar-refractivity contribution in [3.05, 3.63) is 64.1 Å². The molecule has 0 amide bonds. The molecule has 10 nitrogen and oxygen atoms in total. The van der Waals surface area contributed by atoms with Crippen LogP contribution in [0.1, 0.15) is 35.3 Å². The van der Waals surface area contributed by atoms with Crippen molar-refractivity contribution in [2.45, 2.75) is 25.0 Å². The topological polar surface area (TPSA) is 125 Å². The van der Waals surface area contributed by atoms with E-state index in [0.717, 1.165) is 0 Å². The smallest absolute Gasteiger partial charge is 0.236 e. The monoisotopic (exact) mass is 508 g/mol. The number of phenolic OH excluding ortho intramolecular Hbond substituents is 1. The lowest BCUT2D eigenvalue weighted by molar-refractivity contribution is -0.130. The summed E-state index contributed by atoms with van der Waals surface area (Å²) in [5.41, 5.74) is -0.0789. The van der Waals surface area contributed by atoms with Crippen LogP contribution in [0, 0.1) is 5.92 Å². The lowest BCUT2D eigenvalue weighted by Gasteiger charge is -2.41. The Morgan fingerprint density at radius 1 is 1.17 bits per heavy atom. The predicted octanol–water partition coefficient (Wildman–Crippen LogP) is 3.55. The Balaban J connectivity index is 1.54. The molecule has 0 fully saturated rings. The number of aromatic hydroxyl groups is 1. The normalized spacial score (nSPS) is 24.1. The van der Waals surface area contributed by atoms with Crippen LogP contribution < -0.4 is 19.5 Å². The maximum atomic E-state index is 14.5. The van der Waals surface area contributed by atoms with Crippen molar-refractivity contribution >= 4 is 29.1 Å². The summed E-state index contributed by atoms with van der Waals surface area (Å²) in [6.45, 7) is 1.79. The third kappa shape index (κ3) is 2.78. The van der Waals surface area contributed by atoms with Gasteiger partial charge in [0.1, 0.15) is 40.2 Å². The van der Waals surface area contributed by atoms with Crippen molar-refractivity contribution in [3.8, 4) is 23.0 Å². The van der Waals surface area contributed by atoms with Gasteiger partial charge < -0.3 is 24.6 Å². The van der Waals surface area contributed by atoms with Gasteiger partial charge in [0.05, 0.1) is 14.2 Å². The Morgan fingerprint density at radius 3 is 2.58 bits per heavy atom. The first-order valence-corrected chi connectivity index (χ1v) is 11.6. The molecule has 3 aliphatic rings. The summed E-state index contributed by atoms with van der Waals surface area (Å²) in [7, 11) is 2.86. The van der Waals surface area contributed by atoms with Crippen LogP contribution in [-0.2, 0) is 4.79 Å². The molecule has 184 valence electrons. The quantitative estimate of drug-likeness (QED) is 0.511. The number of rotatable bonds is 3. The number of methoxy groups -OCH3 is 2. The van der Waals surface area contributed by atoms with E-state index >= 15 is 0 Å². The summed E-state index contributed by atoms with van der Waals surface area (Å²) in [6.07, 6.45) is 1.72. The molecule has 2 aromatic carbocycles. The molecule has 3 heterocycles. The van der Waals surface area contributed by atoms with Crippen LogP contribution in [0.25, 0.3) is 0 Å². The number of carbonyl (C=O) groups is 2. The molecular weight excluding hydrogens is 488 g/mol. The fourth-order valence-corrected chi connectivity index (χ4v) is 5.62. The standard InChI is InChI=1S/C25H21ClN4O6/c1-11-8-14-17(20(12-4-6-13(31)7-5-12)30-24(29-14)27-10-28-30)22(32)25(11)23(33)18-15(34-2)9-16(35-3)19(26)21(18)36-25/h4-7,9-11,20,31H,8H2,1-3H3,(H,27,28,29)/t11-,20?,25+/m1/s1. The second-order valence-electron chi connectivity index (χ2n) is 8.94. The number of nitrogens with zero attached hydrogens (tertiary/aromatic N) is 3. The van der Waals surface area contributed by atoms with Crippen LogP contribution >= 0.6 is 11.6 Å². The number of carbonyl (C=O) groups excluding carboxylic acids is 2. The van der Waals surface area contributed by atoms with E-state index in [2.05, 4.69) is 15.4 Å². The highest BCUT2D eigenvalue weighted by atomic mass is 35.5. The van der Waals surface area contributed by atoms with Crippen LogP contribution in [0.4, 0.5) is 5.95 Å². The zero-order chi connectivity index (χ0) is 25.4. The lowest BCUT2D eigenvalue weighted by Crippen LogP contribution is -2.58. The van der Waals surface area contributed by atoms with Gasteiger partial charge in [-0.2, -0.15) is 10.1 Å². The minimum absolute atomic E-state index is 0.0634. The molecule has 0 saturated heterocycles. The number of hydrogen-bond donors (Lipinski definition) is 2. The molecule has 2 aliphatic heterocycles. The molecule has 0 bridgehead atoms. The van der Waals surface area contributed by atoms with E-state index < -0.39 is 29.1 Å². The predicted molar refractivity (Wildman–Crippen MR) is 128 cm³/mol. The minimum Gasteiger partial charge on any atom is -0.508 e. The second-order valence-corrected chi connectivity index (χ2v) is 9.32. The van der Waals surface area contributed by atoms with E-state index in [-0.39, 0.29) is 33.6 Å². The average molecular weight is 509 g/mol. The summed E-state index contributed by atoms with van der Waals surface area (Å²) in [5.74, 6) is -0.463. The number of Topliss-reactive ketones (excluding diaryl/α,β-unsaturated/α-hetero) is 2. The zero-order valence-electron chi connectivity index (χ0n) is 19.5. The third-order valence-electron chi connectivity index (χ3n) is 7.09. The number of nitrogens with one attached hydrogen (secondary N) is 1. The number of phenols is 1. The van der Waals surface area contributed by atoms with Crippen molar-refractivity contribution < 1.29 is 28.9 Å². The SMILES string of the molecule is COc1cc(OC)c2c(c1Cl)O[C@@]1(C(=O)C3=C(C[C@H]1C)Nc1ncnn1C3c1ccc(O)cc1)C2=O. The maximum Gasteiger partial charge on any atom is 0.236 e. The highest BCUT2D eigenvalue weighted by Gasteiger charge is 2.63. The zero-order valence-corrected chi connectivity index (χ0v) is 20.3. The van der Waals surface area contributed by atoms with Gasteiger partial charge in [-0.1, -0.05) is 30.7 Å². The number of ketones is 2.